The van der Waals surface area contributed by atoms with Gasteiger partial charge in [0.15, 0.2) is 0 Å². The monoisotopic (exact) mass is 516 g/mol. The highest BCUT2D eigenvalue weighted by molar-refractivity contribution is 6.30. The first-order chi connectivity index (χ1) is 17.2. The van der Waals surface area contributed by atoms with Gasteiger partial charge in [-0.1, -0.05) is 25.1 Å². The van der Waals surface area contributed by atoms with E-state index < -0.39 is 23.2 Å². The molecule has 3 heterocycles. The lowest BCUT2D eigenvalue weighted by Gasteiger charge is -2.35. The van der Waals surface area contributed by atoms with Gasteiger partial charge in [-0.3, -0.25) is 4.79 Å². The minimum Gasteiger partial charge on any atom is -0.497 e. The summed E-state index contributed by atoms with van der Waals surface area (Å²) in [5.41, 5.74) is 1.78. The molecule has 0 bridgehead atoms. The van der Waals surface area contributed by atoms with Gasteiger partial charge in [0.25, 0.3) is 0 Å². The number of carbonyl (C=O) groups is 1. The number of fused-ring (bicyclic) bond motifs is 3. The van der Waals surface area contributed by atoms with E-state index in [2.05, 4.69) is 4.98 Å². The Kier molecular flexibility index (Phi) is 6.24. The van der Waals surface area contributed by atoms with E-state index in [1.54, 1.807) is 18.1 Å². The lowest BCUT2D eigenvalue weighted by Crippen LogP contribution is -2.43. The quantitative estimate of drug-likeness (QED) is 0.292. The zero-order valence-electron chi connectivity index (χ0n) is 19.7. The van der Waals surface area contributed by atoms with Gasteiger partial charge in [0.2, 0.25) is 5.91 Å². The first-order valence-corrected chi connectivity index (χ1v) is 12.1. The maximum absolute atomic E-state index is 13.6. The molecular formula is C27H24ClF3N2O3. The van der Waals surface area contributed by atoms with E-state index >= 15 is 0 Å². The predicted octanol–water partition coefficient (Wildman–Crippen LogP) is 6.95. The molecule has 2 aromatic heterocycles. The van der Waals surface area contributed by atoms with Crippen molar-refractivity contribution in [3.05, 3.63) is 77.2 Å². The molecule has 0 unspecified atom stereocenters. The normalized spacial score (nSPS) is 16.7. The van der Waals surface area contributed by atoms with E-state index in [0.717, 1.165) is 28.2 Å². The van der Waals surface area contributed by atoms with Crippen molar-refractivity contribution in [3.63, 3.8) is 0 Å². The van der Waals surface area contributed by atoms with Crippen LogP contribution in [0.15, 0.2) is 59.0 Å². The maximum atomic E-state index is 13.6. The fraction of sp³-hybridized carbons (Fsp3) is 0.296. The predicted molar refractivity (Wildman–Crippen MR) is 131 cm³/mol. The zero-order valence-corrected chi connectivity index (χ0v) is 20.4. The largest absolute Gasteiger partial charge is 0.497 e. The third kappa shape index (κ3) is 4.13. The molecule has 188 valence electrons. The minimum absolute atomic E-state index is 0.0599. The van der Waals surface area contributed by atoms with Crippen LogP contribution in [0.5, 0.6) is 5.75 Å². The Bertz CT molecular complexity index is 1430. The summed E-state index contributed by atoms with van der Waals surface area (Å²) in [6.07, 6.45) is -3.50. The number of benzene rings is 2. The Morgan fingerprint density at radius 3 is 2.72 bits per heavy atom. The molecule has 5 nitrogen and oxygen atoms in total. The Labute approximate surface area is 210 Å². The summed E-state index contributed by atoms with van der Waals surface area (Å²) in [5.74, 6) is 0.887. The van der Waals surface area contributed by atoms with Gasteiger partial charge in [0.1, 0.15) is 28.7 Å². The number of carbonyl (C=O) groups excluding carboxylic acids is 1. The number of furan rings is 1. The highest BCUT2D eigenvalue weighted by atomic mass is 35.5. The van der Waals surface area contributed by atoms with Crippen molar-refractivity contribution in [2.75, 3.05) is 13.7 Å². The van der Waals surface area contributed by atoms with Crippen molar-refractivity contribution in [2.24, 2.45) is 0 Å². The molecule has 0 radical (unpaired) electrons. The molecule has 1 aliphatic heterocycles. The summed E-state index contributed by atoms with van der Waals surface area (Å²) in [5, 5.41) is 0.243. The average molecular weight is 517 g/mol. The SMILES string of the molecule is CC[C@@H](Cl)C(=O)N1CCc2c([nH]c3ccc(OC)cc23)[C@H]1c1ccc(-c2ccccc2C(F)(F)F)o1. The van der Waals surface area contributed by atoms with Gasteiger partial charge in [-0.05, 0) is 54.8 Å². The van der Waals surface area contributed by atoms with Crippen LogP contribution < -0.4 is 4.74 Å². The molecule has 0 saturated carbocycles. The van der Waals surface area contributed by atoms with Gasteiger partial charge in [0.05, 0.1) is 18.4 Å². The molecule has 5 rings (SSSR count). The number of ether oxygens (including phenoxy) is 1. The lowest BCUT2D eigenvalue weighted by molar-refractivity contribution is -0.137. The van der Waals surface area contributed by atoms with E-state index in [9.17, 15) is 18.0 Å². The Morgan fingerprint density at radius 1 is 1.22 bits per heavy atom. The highest BCUT2D eigenvalue weighted by Gasteiger charge is 2.39. The van der Waals surface area contributed by atoms with E-state index in [4.69, 9.17) is 20.8 Å². The highest BCUT2D eigenvalue weighted by Crippen LogP contribution is 2.43. The number of amides is 1. The molecule has 0 spiro atoms. The van der Waals surface area contributed by atoms with Gasteiger partial charge >= 0.3 is 6.18 Å². The molecule has 1 amide bonds. The molecule has 9 heteroatoms. The Balaban J connectivity index is 1.65. The molecule has 0 saturated heterocycles. The van der Waals surface area contributed by atoms with Gasteiger partial charge in [-0.15, -0.1) is 11.6 Å². The average Bonchev–Trinajstić information content (AvgIpc) is 3.51. The zero-order chi connectivity index (χ0) is 25.6. The molecule has 2 atom stereocenters. The van der Waals surface area contributed by atoms with E-state index in [-0.39, 0.29) is 17.2 Å². The van der Waals surface area contributed by atoms with Gasteiger partial charge in [-0.25, -0.2) is 0 Å². The lowest BCUT2D eigenvalue weighted by atomic mass is 9.95. The van der Waals surface area contributed by atoms with Crippen molar-refractivity contribution in [3.8, 4) is 17.1 Å². The summed E-state index contributed by atoms with van der Waals surface area (Å²) in [4.78, 5) is 18.3. The third-order valence-corrected chi connectivity index (χ3v) is 7.13. The van der Waals surface area contributed by atoms with Crippen molar-refractivity contribution < 1.29 is 27.1 Å². The van der Waals surface area contributed by atoms with Crippen LogP contribution in [0, 0.1) is 0 Å². The first kappa shape index (κ1) is 24.3. The van der Waals surface area contributed by atoms with Crippen LogP contribution in [-0.2, 0) is 17.4 Å². The molecule has 1 N–H and O–H groups in total. The number of hydrogen-bond donors (Lipinski definition) is 1. The second-order valence-electron chi connectivity index (χ2n) is 8.73. The van der Waals surface area contributed by atoms with Crippen LogP contribution in [0.4, 0.5) is 13.2 Å². The number of nitrogens with zero attached hydrogens (tertiary/aromatic N) is 1. The number of aromatic amines is 1. The summed E-state index contributed by atoms with van der Waals surface area (Å²) in [7, 11) is 1.60. The van der Waals surface area contributed by atoms with Gasteiger partial charge < -0.3 is 19.0 Å². The molecule has 4 aromatic rings. The molecule has 0 fully saturated rings. The number of aromatic nitrogens is 1. The number of hydrogen-bond acceptors (Lipinski definition) is 3. The number of alkyl halides is 4. The van der Waals surface area contributed by atoms with Crippen molar-refractivity contribution in [1.29, 1.82) is 0 Å². The summed E-state index contributed by atoms with van der Waals surface area (Å²) in [6.45, 7) is 2.22. The van der Waals surface area contributed by atoms with Crippen LogP contribution >= 0.6 is 11.6 Å². The van der Waals surface area contributed by atoms with Gasteiger partial charge in [0, 0.05) is 23.0 Å². The number of halogens is 4. The maximum Gasteiger partial charge on any atom is 0.417 e. The van der Waals surface area contributed by atoms with Crippen LogP contribution in [0.1, 0.15) is 42.0 Å². The fourth-order valence-corrected chi connectivity index (χ4v) is 5.00. The van der Waals surface area contributed by atoms with E-state index in [0.29, 0.717) is 30.9 Å². The Hall–Kier alpha value is -3.39. The first-order valence-electron chi connectivity index (χ1n) is 11.6. The van der Waals surface area contributed by atoms with Crippen LogP contribution in [0.2, 0.25) is 0 Å². The molecule has 36 heavy (non-hydrogen) atoms. The summed E-state index contributed by atoms with van der Waals surface area (Å²) in [6, 6.07) is 13.4. The second kappa shape index (κ2) is 9.24. The second-order valence-corrected chi connectivity index (χ2v) is 9.26. The van der Waals surface area contributed by atoms with E-state index in [1.807, 2.05) is 25.1 Å². The van der Waals surface area contributed by atoms with Crippen molar-refractivity contribution >= 4 is 28.4 Å². The molecular weight excluding hydrogens is 493 g/mol. The molecule has 2 aromatic carbocycles. The number of H-pyrrole nitrogens is 1. The number of rotatable bonds is 5. The minimum atomic E-state index is -4.53. The summed E-state index contributed by atoms with van der Waals surface area (Å²) < 4.78 is 52.4. The third-order valence-electron chi connectivity index (χ3n) is 6.64. The van der Waals surface area contributed by atoms with Crippen molar-refractivity contribution in [2.45, 2.75) is 37.4 Å². The van der Waals surface area contributed by atoms with Crippen LogP contribution in [0.25, 0.3) is 22.2 Å². The van der Waals surface area contributed by atoms with Gasteiger partial charge in [-0.2, -0.15) is 13.2 Å². The van der Waals surface area contributed by atoms with Crippen LogP contribution in [0.3, 0.4) is 0 Å². The smallest absolute Gasteiger partial charge is 0.417 e. The standard InChI is InChI=1S/C27H24ClF3N2O3/c1-3-20(28)26(34)33-13-12-16-18-14-15(35-2)8-9-21(18)32-24(16)25(33)23-11-10-22(36-23)17-6-4-5-7-19(17)27(29,30)31/h4-11,14,20,25,32H,3,12-13H2,1-2H3/t20-,25-/m1/s1. The number of methoxy groups -OCH3 is 1. The van der Waals surface area contributed by atoms with Crippen molar-refractivity contribution in [1.82, 2.24) is 9.88 Å². The number of nitrogens with one attached hydrogen (secondary N) is 1. The fourth-order valence-electron chi connectivity index (χ4n) is 4.87. The topological polar surface area (TPSA) is 58.5 Å². The van der Waals surface area contributed by atoms with Crippen LogP contribution in [-0.4, -0.2) is 34.8 Å². The molecule has 1 aliphatic rings. The Morgan fingerprint density at radius 2 is 2.00 bits per heavy atom. The summed E-state index contributed by atoms with van der Waals surface area (Å²) >= 11 is 6.35. The molecule has 0 aliphatic carbocycles. The van der Waals surface area contributed by atoms with E-state index in [1.165, 1.54) is 24.3 Å².